The van der Waals surface area contributed by atoms with Crippen LogP contribution in [0.1, 0.15) is 33.6 Å². The maximum atomic E-state index is 12.0. The summed E-state index contributed by atoms with van der Waals surface area (Å²) in [6.45, 7) is 6.90. The first-order chi connectivity index (χ1) is 10.2. The zero-order valence-corrected chi connectivity index (χ0v) is 14.7. The van der Waals surface area contributed by atoms with Crippen molar-refractivity contribution in [3.8, 4) is 0 Å². The van der Waals surface area contributed by atoms with E-state index in [1.54, 1.807) is 11.1 Å². The Morgan fingerprint density at radius 2 is 2.09 bits per heavy atom. The fraction of sp³-hybridized carbons (Fsp3) is 0.643. The summed E-state index contributed by atoms with van der Waals surface area (Å²) in [4.78, 5) is 22.1. The maximum Gasteiger partial charge on any atom is 0.410 e. The van der Waals surface area contributed by atoms with E-state index in [0.29, 0.717) is 29.3 Å². The van der Waals surface area contributed by atoms with Crippen LogP contribution in [0.15, 0.2) is 10.8 Å². The monoisotopic (exact) mass is 371 g/mol. The fourth-order valence-corrected chi connectivity index (χ4v) is 2.49. The van der Waals surface area contributed by atoms with Crippen LogP contribution in [0.4, 0.5) is 16.4 Å². The normalized spacial score (nSPS) is 16.5. The number of ether oxygens (including phenoxy) is 1. The molecule has 0 aliphatic carbocycles. The predicted octanol–water partition coefficient (Wildman–Crippen LogP) is 2.63. The molecule has 0 saturated carbocycles. The molecule has 0 radical (unpaired) electrons. The number of carbonyl (C=O) groups is 1. The molecular formula is C14H22BrN5O2. The van der Waals surface area contributed by atoms with Crippen molar-refractivity contribution in [2.75, 3.05) is 24.1 Å². The largest absolute Gasteiger partial charge is 0.444 e. The highest BCUT2D eigenvalue weighted by molar-refractivity contribution is 9.10. The van der Waals surface area contributed by atoms with Gasteiger partial charge in [0.25, 0.3) is 0 Å². The summed E-state index contributed by atoms with van der Waals surface area (Å²) < 4.78 is 6.02. The van der Waals surface area contributed by atoms with Crippen molar-refractivity contribution in [3.05, 3.63) is 10.8 Å². The van der Waals surface area contributed by atoms with E-state index in [1.165, 1.54) is 0 Å². The van der Waals surface area contributed by atoms with Crippen LogP contribution < -0.4 is 11.1 Å². The van der Waals surface area contributed by atoms with Gasteiger partial charge in [-0.25, -0.2) is 14.8 Å². The minimum atomic E-state index is -0.466. The molecule has 1 fully saturated rings. The van der Waals surface area contributed by atoms with Crippen molar-refractivity contribution in [3.63, 3.8) is 0 Å². The van der Waals surface area contributed by atoms with Crippen molar-refractivity contribution >= 4 is 33.7 Å². The number of rotatable bonds is 2. The molecule has 1 aliphatic rings. The summed E-state index contributed by atoms with van der Waals surface area (Å²) in [6.07, 6.45) is 2.93. The molecule has 1 aliphatic heterocycles. The predicted molar refractivity (Wildman–Crippen MR) is 88.6 cm³/mol. The highest BCUT2D eigenvalue weighted by atomic mass is 79.9. The highest BCUT2D eigenvalue weighted by Crippen LogP contribution is 2.21. The van der Waals surface area contributed by atoms with Gasteiger partial charge in [0, 0.05) is 19.1 Å². The van der Waals surface area contributed by atoms with Gasteiger partial charge in [-0.05, 0) is 49.5 Å². The second kappa shape index (κ2) is 6.68. The van der Waals surface area contributed by atoms with Crippen molar-refractivity contribution < 1.29 is 9.53 Å². The lowest BCUT2D eigenvalue weighted by molar-refractivity contribution is 0.0210. The SMILES string of the molecule is CC(C)(C)OC(=O)N1CCC(Nc2nc(Br)cnc2N)CC1. The first-order valence-electron chi connectivity index (χ1n) is 7.27. The summed E-state index contributed by atoms with van der Waals surface area (Å²) in [7, 11) is 0. The van der Waals surface area contributed by atoms with Gasteiger partial charge in [-0.2, -0.15) is 0 Å². The number of likely N-dealkylation sites (tertiary alicyclic amines) is 1. The molecule has 0 atom stereocenters. The lowest BCUT2D eigenvalue weighted by Crippen LogP contribution is -2.44. The van der Waals surface area contributed by atoms with Gasteiger partial charge < -0.3 is 20.7 Å². The number of piperidine rings is 1. The summed E-state index contributed by atoms with van der Waals surface area (Å²) in [6, 6.07) is 0.213. The molecule has 0 aromatic carbocycles. The molecule has 1 saturated heterocycles. The standard InChI is InChI=1S/C14H22BrN5O2/c1-14(2,3)22-13(21)20-6-4-9(5-7-20)18-12-11(16)17-8-10(15)19-12/h8-9H,4-7H2,1-3H3,(H2,16,17)(H,18,19). The Morgan fingerprint density at radius 3 is 2.68 bits per heavy atom. The Balaban J connectivity index is 1.87. The molecule has 1 aromatic heterocycles. The molecule has 3 N–H and O–H groups in total. The molecule has 0 bridgehead atoms. The quantitative estimate of drug-likeness (QED) is 0.829. The smallest absolute Gasteiger partial charge is 0.410 e. The van der Waals surface area contributed by atoms with Gasteiger partial charge in [-0.3, -0.25) is 0 Å². The molecule has 8 heteroatoms. The van der Waals surface area contributed by atoms with Crippen LogP contribution in [0.2, 0.25) is 0 Å². The molecule has 22 heavy (non-hydrogen) atoms. The van der Waals surface area contributed by atoms with Crippen LogP contribution in [-0.4, -0.2) is 45.7 Å². The molecule has 2 rings (SSSR count). The Hall–Kier alpha value is -1.57. The first kappa shape index (κ1) is 16.8. The molecule has 0 unspecified atom stereocenters. The molecule has 2 heterocycles. The van der Waals surface area contributed by atoms with Crippen molar-refractivity contribution in [1.82, 2.24) is 14.9 Å². The van der Waals surface area contributed by atoms with Crippen LogP contribution >= 0.6 is 15.9 Å². The minimum Gasteiger partial charge on any atom is -0.444 e. The molecule has 0 spiro atoms. The highest BCUT2D eigenvalue weighted by Gasteiger charge is 2.27. The van der Waals surface area contributed by atoms with Gasteiger partial charge in [-0.15, -0.1) is 0 Å². The van der Waals surface area contributed by atoms with Crippen molar-refractivity contribution in [2.45, 2.75) is 45.3 Å². The minimum absolute atomic E-state index is 0.213. The zero-order chi connectivity index (χ0) is 16.3. The Morgan fingerprint density at radius 1 is 1.45 bits per heavy atom. The van der Waals surface area contributed by atoms with Crippen molar-refractivity contribution in [2.24, 2.45) is 0 Å². The lowest BCUT2D eigenvalue weighted by Gasteiger charge is -2.34. The third-order valence-corrected chi connectivity index (χ3v) is 3.64. The summed E-state index contributed by atoms with van der Waals surface area (Å²) in [5, 5.41) is 3.29. The average molecular weight is 372 g/mol. The molecule has 1 aromatic rings. The van der Waals surface area contributed by atoms with Crippen LogP contribution in [0.5, 0.6) is 0 Å². The molecule has 1 amide bonds. The number of hydrogen-bond acceptors (Lipinski definition) is 6. The van der Waals surface area contributed by atoms with E-state index in [4.69, 9.17) is 10.5 Å². The topological polar surface area (TPSA) is 93.4 Å². The van der Waals surface area contributed by atoms with Crippen LogP contribution in [0, 0.1) is 0 Å². The number of nitrogen functional groups attached to an aromatic ring is 1. The van der Waals surface area contributed by atoms with Gasteiger partial charge in [0.2, 0.25) is 0 Å². The zero-order valence-electron chi connectivity index (χ0n) is 13.1. The van der Waals surface area contributed by atoms with E-state index in [1.807, 2.05) is 20.8 Å². The number of aromatic nitrogens is 2. The third kappa shape index (κ3) is 4.72. The summed E-state index contributed by atoms with van der Waals surface area (Å²) in [5.41, 5.74) is 5.34. The lowest BCUT2D eigenvalue weighted by atomic mass is 10.1. The molecular weight excluding hydrogens is 350 g/mol. The van der Waals surface area contributed by atoms with Gasteiger partial charge in [0.1, 0.15) is 10.2 Å². The van der Waals surface area contributed by atoms with Crippen LogP contribution in [0.3, 0.4) is 0 Å². The molecule has 122 valence electrons. The van der Waals surface area contributed by atoms with E-state index >= 15 is 0 Å². The van der Waals surface area contributed by atoms with Crippen molar-refractivity contribution in [1.29, 1.82) is 0 Å². The number of nitrogens with one attached hydrogen (secondary N) is 1. The van der Waals surface area contributed by atoms with E-state index in [0.717, 1.165) is 12.8 Å². The number of nitrogens with two attached hydrogens (primary N) is 1. The Kier molecular flexibility index (Phi) is 5.10. The number of amides is 1. The van der Waals surface area contributed by atoms with Gasteiger partial charge in [0.15, 0.2) is 11.6 Å². The van der Waals surface area contributed by atoms with Crippen LogP contribution in [-0.2, 0) is 4.74 Å². The average Bonchev–Trinajstić information content (AvgIpc) is 2.42. The van der Waals surface area contributed by atoms with E-state index in [-0.39, 0.29) is 12.1 Å². The van der Waals surface area contributed by atoms with Gasteiger partial charge in [-0.1, -0.05) is 0 Å². The Bertz CT molecular complexity index is 539. The second-order valence-electron chi connectivity index (χ2n) is 6.31. The first-order valence-corrected chi connectivity index (χ1v) is 8.06. The fourth-order valence-electron chi connectivity index (χ4n) is 2.21. The van der Waals surface area contributed by atoms with Gasteiger partial charge in [0.05, 0.1) is 6.20 Å². The van der Waals surface area contributed by atoms with E-state index in [9.17, 15) is 4.79 Å². The number of carbonyl (C=O) groups excluding carboxylic acids is 1. The third-order valence-electron chi connectivity index (χ3n) is 3.26. The molecule has 7 nitrogen and oxygen atoms in total. The van der Waals surface area contributed by atoms with E-state index < -0.39 is 5.60 Å². The summed E-state index contributed by atoms with van der Waals surface area (Å²) >= 11 is 3.28. The van der Waals surface area contributed by atoms with E-state index in [2.05, 4.69) is 31.2 Å². The number of hydrogen-bond donors (Lipinski definition) is 2. The maximum absolute atomic E-state index is 12.0. The van der Waals surface area contributed by atoms with Gasteiger partial charge >= 0.3 is 6.09 Å². The second-order valence-corrected chi connectivity index (χ2v) is 7.13. The summed E-state index contributed by atoms with van der Waals surface area (Å²) in [5.74, 6) is 0.947. The number of nitrogens with zero attached hydrogens (tertiary/aromatic N) is 3. The number of anilines is 2. The number of halogens is 1. The van der Waals surface area contributed by atoms with Crippen LogP contribution in [0.25, 0.3) is 0 Å². The Labute approximate surface area is 138 Å².